The van der Waals surface area contributed by atoms with Crippen molar-refractivity contribution in [2.45, 2.75) is 38.0 Å². The topological polar surface area (TPSA) is 36.1 Å². The average Bonchev–Trinajstić information content (AvgIpc) is 3.24. The van der Waals surface area contributed by atoms with Crippen LogP contribution in [0, 0.1) is 5.92 Å². The molecule has 1 aromatic heterocycles. The van der Waals surface area contributed by atoms with Crippen LogP contribution in [0.15, 0.2) is 42.5 Å². The molecule has 1 amide bonds. The van der Waals surface area contributed by atoms with Crippen LogP contribution < -0.4 is 0 Å². The van der Waals surface area contributed by atoms with Crippen LogP contribution in [0.5, 0.6) is 0 Å². The van der Waals surface area contributed by atoms with Crippen LogP contribution in [-0.2, 0) is 4.79 Å². The Labute approximate surface area is 137 Å². The lowest BCUT2D eigenvalue weighted by atomic mass is 9.93. The van der Waals surface area contributed by atoms with E-state index >= 15 is 0 Å². The number of aromatic amines is 1. The van der Waals surface area contributed by atoms with Gasteiger partial charge in [-0.05, 0) is 49.1 Å². The summed E-state index contributed by atoms with van der Waals surface area (Å²) in [6, 6.07) is 10.7. The van der Waals surface area contributed by atoms with Gasteiger partial charge in [0.25, 0.3) is 0 Å². The molecule has 4 rings (SSSR count). The van der Waals surface area contributed by atoms with E-state index in [1.54, 1.807) is 0 Å². The minimum atomic E-state index is 0.344. The summed E-state index contributed by atoms with van der Waals surface area (Å²) in [5.74, 6) is 1.38. The number of nitrogens with zero attached hydrogens (tertiary/aromatic N) is 1. The van der Waals surface area contributed by atoms with Gasteiger partial charge in [0, 0.05) is 36.6 Å². The van der Waals surface area contributed by atoms with Gasteiger partial charge >= 0.3 is 0 Å². The van der Waals surface area contributed by atoms with Crippen molar-refractivity contribution in [3.05, 3.63) is 48.2 Å². The minimum absolute atomic E-state index is 0.344. The third-order valence-corrected chi connectivity index (χ3v) is 5.39. The van der Waals surface area contributed by atoms with Gasteiger partial charge in [-0.15, -0.1) is 0 Å². The number of likely N-dealkylation sites (tertiary alicyclic amines) is 1. The molecular weight excluding hydrogens is 284 g/mol. The zero-order valence-corrected chi connectivity index (χ0v) is 13.5. The summed E-state index contributed by atoms with van der Waals surface area (Å²) < 4.78 is 0. The average molecular weight is 308 g/mol. The van der Waals surface area contributed by atoms with E-state index in [1.165, 1.54) is 16.6 Å². The van der Waals surface area contributed by atoms with Gasteiger partial charge in [-0.25, -0.2) is 0 Å². The molecule has 1 atom stereocenters. The largest absolute Gasteiger partial charge is 0.358 e. The maximum absolute atomic E-state index is 12.4. The van der Waals surface area contributed by atoms with Gasteiger partial charge in [-0.2, -0.15) is 0 Å². The van der Waals surface area contributed by atoms with E-state index in [4.69, 9.17) is 0 Å². The van der Waals surface area contributed by atoms with E-state index in [0.717, 1.165) is 38.8 Å². The summed E-state index contributed by atoms with van der Waals surface area (Å²) in [6.45, 7) is 1.80. The highest BCUT2D eigenvalue weighted by Crippen LogP contribution is 2.30. The fourth-order valence-corrected chi connectivity index (χ4v) is 3.97. The van der Waals surface area contributed by atoms with Crippen LogP contribution >= 0.6 is 0 Å². The molecule has 3 heteroatoms. The summed E-state index contributed by atoms with van der Waals surface area (Å²) in [4.78, 5) is 18.1. The number of para-hydroxylation sites is 1. The number of allylic oxidation sites excluding steroid dienone is 2. The van der Waals surface area contributed by atoms with Crippen LogP contribution in [0.1, 0.15) is 43.7 Å². The Balaban J connectivity index is 1.36. The molecule has 23 heavy (non-hydrogen) atoms. The molecule has 0 unspecified atom stereocenters. The number of piperidine rings is 1. The van der Waals surface area contributed by atoms with E-state index in [1.807, 2.05) is 0 Å². The lowest BCUT2D eigenvalue weighted by Gasteiger charge is -2.32. The van der Waals surface area contributed by atoms with E-state index in [0.29, 0.717) is 24.2 Å². The smallest absolute Gasteiger partial charge is 0.223 e. The second-order valence-electron chi connectivity index (χ2n) is 6.94. The molecule has 0 radical (unpaired) electrons. The number of nitrogens with one attached hydrogen (secondary N) is 1. The summed E-state index contributed by atoms with van der Waals surface area (Å²) >= 11 is 0. The SMILES string of the molecule is O=C(C[C@H]1C=CCC1)N1CCC(c2cc3ccccc3[nH]2)CC1. The number of carbonyl (C=O) groups excluding carboxylic acids is 1. The van der Waals surface area contributed by atoms with E-state index in [-0.39, 0.29) is 0 Å². The first kappa shape index (κ1) is 14.6. The van der Waals surface area contributed by atoms with Crippen molar-refractivity contribution in [1.29, 1.82) is 0 Å². The van der Waals surface area contributed by atoms with Crippen LogP contribution in [0.2, 0.25) is 0 Å². The van der Waals surface area contributed by atoms with Gasteiger partial charge in [-0.3, -0.25) is 4.79 Å². The number of H-pyrrole nitrogens is 1. The number of carbonyl (C=O) groups is 1. The van der Waals surface area contributed by atoms with Crippen molar-refractivity contribution in [3.8, 4) is 0 Å². The number of fused-ring (bicyclic) bond motifs is 1. The summed E-state index contributed by atoms with van der Waals surface area (Å²) in [7, 11) is 0. The molecule has 1 saturated heterocycles. The molecule has 3 nitrogen and oxygen atoms in total. The van der Waals surface area contributed by atoms with Gasteiger partial charge in [-0.1, -0.05) is 30.4 Å². The second-order valence-corrected chi connectivity index (χ2v) is 6.94. The minimum Gasteiger partial charge on any atom is -0.358 e. The van der Waals surface area contributed by atoms with E-state index in [9.17, 15) is 4.79 Å². The Hall–Kier alpha value is -2.03. The molecule has 2 heterocycles. The van der Waals surface area contributed by atoms with Gasteiger partial charge < -0.3 is 9.88 Å². The zero-order valence-electron chi connectivity index (χ0n) is 13.5. The monoisotopic (exact) mass is 308 g/mol. The van der Waals surface area contributed by atoms with Crippen molar-refractivity contribution in [3.63, 3.8) is 0 Å². The number of benzene rings is 1. The standard InChI is InChI=1S/C20H24N2O/c23-20(13-15-5-1-2-6-15)22-11-9-16(10-12-22)19-14-17-7-3-4-8-18(17)21-19/h1,3-5,7-8,14-16,21H,2,6,9-13H2/t15-/m0/s1. The maximum atomic E-state index is 12.4. The summed E-state index contributed by atoms with van der Waals surface area (Å²) in [5, 5.41) is 1.29. The second kappa shape index (κ2) is 6.23. The van der Waals surface area contributed by atoms with Gasteiger partial charge in [0.15, 0.2) is 0 Å². The maximum Gasteiger partial charge on any atom is 0.223 e. The van der Waals surface area contributed by atoms with Gasteiger partial charge in [0.2, 0.25) is 5.91 Å². The normalized spacial score (nSPS) is 22.1. The van der Waals surface area contributed by atoms with Crippen LogP contribution in [-0.4, -0.2) is 28.9 Å². The molecule has 1 N–H and O–H groups in total. The van der Waals surface area contributed by atoms with Crippen LogP contribution in [0.3, 0.4) is 0 Å². The first-order valence-electron chi connectivity index (χ1n) is 8.82. The molecule has 0 spiro atoms. The molecule has 120 valence electrons. The third-order valence-electron chi connectivity index (χ3n) is 5.39. The molecule has 1 aliphatic heterocycles. The Bertz CT molecular complexity index is 689. The molecule has 1 aromatic carbocycles. The van der Waals surface area contributed by atoms with Gasteiger partial charge in [0.05, 0.1) is 0 Å². The summed E-state index contributed by atoms with van der Waals surface area (Å²) in [5.41, 5.74) is 2.55. The molecule has 2 aliphatic rings. The number of rotatable bonds is 3. The first-order valence-corrected chi connectivity index (χ1v) is 8.82. The van der Waals surface area contributed by atoms with Crippen LogP contribution in [0.4, 0.5) is 0 Å². The fraction of sp³-hybridized carbons (Fsp3) is 0.450. The predicted octanol–water partition coefficient (Wildman–Crippen LogP) is 4.23. The van der Waals surface area contributed by atoms with E-state index in [2.05, 4.69) is 52.4 Å². The van der Waals surface area contributed by atoms with Crippen LogP contribution in [0.25, 0.3) is 10.9 Å². The summed E-state index contributed by atoms with van der Waals surface area (Å²) in [6.07, 6.45) is 9.55. The third kappa shape index (κ3) is 3.05. The number of aromatic nitrogens is 1. The van der Waals surface area contributed by atoms with Crippen molar-refractivity contribution in [2.75, 3.05) is 13.1 Å². The highest BCUT2D eigenvalue weighted by Gasteiger charge is 2.26. The first-order chi connectivity index (χ1) is 11.3. The van der Waals surface area contributed by atoms with Crippen molar-refractivity contribution < 1.29 is 4.79 Å². The Morgan fingerprint density at radius 1 is 1.17 bits per heavy atom. The molecule has 0 bridgehead atoms. The fourth-order valence-electron chi connectivity index (χ4n) is 3.97. The Morgan fingerprint density at radius 3 is 2.74 bits per heavy atom. The zero-order chi connectivity index (χ0) is 15.6. The lowest BCUT2D eigenvalue weighted by molar-refractivity contribution is -0.132. The molecule has 1 aliphatic carbocycles. The number of hydrogen-bond donors (Lipinski definition) is 1. The van der Waals surface area contributed by atoms with Crippen molar-refractivity contribution in [1.82, 2.24) is 9.88 Å². The Kier molecular flexibility index (Phi) is 3.94. The molecular formula is C20H24N2O. The molecule has 1 fully saturated rings. The lowest BCUT2D eigenvalue weighted by Crippen LogP contribution is -2.38. The highest BCUT2D eigenvalue weighted by atomic mass is 16.2. The van der Waals surface area contributed by atoms with Crippen molar-refractivity contribution in [2.24, 2.45) is 5.92 Å². The van der Waals surface area contributed by atoms with Crippen molar-refractivity contribution >= 4 is 16.8 Å². The van der Waals surface area contributed by atoms with Gasteiger partial charge in [0.1, 0.15) is 0 Å². The molecule has 0 saturated carbocycles. The number of amides is 1. The Morgan fingerprint density at radius 2 is 2.00 bits per heavy atom. The molecule has 2 aromatic rings. The number of hydrogen-bond acceptors (Lipinski definition) is 1. The quantitative estimate of drug-likeness (QED) is 0.846. The highest BCUT2D eigenvalue weighted by molar-refractivity contribution is 5.80. The predicted molar refractivity (Wildman–Crippen MR) is 93.3 cm³/mol. The van der Waals surface area contributed by atoms with E-state index < -0.39 is 0 Å².